The van der Waals surface area contributed by atoms with Gasteiger partial charge in [-0.15, -0.1) is 0 Å². The summed E-state index contributed by atoms with van der Waals surface area (Å²) in [6.45, 7) is 6.59. The number of ketones is 1. The van der Waals surface area contributed by atoms with Gasteiger partial charge in [0.1, 0.15) is 5.69 Å². The van der Waals surface area contributed by atoms with Crippen molar-refractivity contribution in [1.82, 2.24) is 10.5 Å². The number of hydrogen-bond donors (Lipinski definition) is 1. The number of nitrogens with zero attached hydrogens (tertiary/aromatic N) is 1. The number of amides is 1. The molecule has 1 amide bonds. The van der Waals surface area contributed by atoms with Gasteiger partial charge in [-0.2, -0.15) is 0 Å². The number of rotatable bonds is 9. The Labute approximate surface area is 259 Å². The lowest BCUT2D eigenvalue weighted by Gasteiger charge is -2.22. The average molecular weight is 593 g/mol. The van der Waals surface area contributed by atoms with Crippen LogP contribution in [0.3, 0.4) is 0 Å². The molecule has 7 heteroatoms. The number of nitrogens with one attached hydrogen (secondary N) is 1. The summed E-state index contributed by atoms with van der Waals surface area (Å²) in [4.78, 5) is 37.8. The van der Waals surface area contributed by atoms with Crippen molar-refractivity contribution in [3.8, 4) is 22.4 Å². The van der Waals surface area contributed by atoms with Crippen molar-refractivity contribution in [2.75, 3.05) is 13.7 Å². The molecule has 1 aliphatic rings. The van der Waals surface area contributed by atoms with Gasteiger partial charge in [0.05, 0.1) is 19.1 Å². The van der Waals surface area contributed by atoms with Crippen molar-refractivity contribution in [2.45, 2.75) is 70.6 Å². The fourth-order valence-electron chi connectivity index (χ4n) is 5.78. The molecule has 0 atom stereocenters. The molecular formula is C37H40N2O5. The first-order chi connectivity index (χ1) is 21.2. The number of ether oxygens (including phenoxy) is 1. The summed E-state index contributed by atoms with van der Waals surface area (Å²) < 4.78 is 10.4. The van der Waals surface area contributed by atoms with Gasteiger partial charge in [-0.3, -0.25) is 14.4 Å². The van der Waals surface area contributed by atoms with Gasteiger partial charge < -0.3 is 14.6 Å². The van der Waals surface area contributed by atoms with Crippen LogP contribution >= 0.6 is 0 Å². The summed E-state index contributed by atoms with van der Waals surface area (Å²) in [5.74, 6) is -0.181. The second kappa shape index (κ2) is 13.4. The quantitative estimate of drug-likeness (QED) is 0.157. The molecule has 0 unspecified atom stereocenters. The Bertz CT molecular complexity index is 1600. The molecule has 1 fully saturated rings. The molecule has 1 aliphatic carbocycles. The molecule has 5 rings (SSSR count). The van der Waals surface area contributed by atoms with Crippen molar-refractivity contribution in [3.63, 3.8) is 0 Å². The highest BCUT2D eigenvalue weighted by Gasteiger charge is 2.27. The van der Waals surface area contributed by atoms with Gasteiger partial charge in [-0.05, 0) is 53.0 Å². The second-order valence-electron chi connectivity index (χ2n) is 12.5. The third-order valence-electron chi connectivity index (χ3n) is 8.45. The lowest BCUT2D eigenvalue weighted by molar-refractivity contribution is -0.140. The van der Waals surface area contributed by atoms with Crippen molar-refractivity contribution in [3.05, 3.63) is 101 Å². The number of carbonyl (C=O) groups excluding carboxylic acids is 3. The molecule has 0 bridgehead atoms. The second-order valence-corrected chi connectivity index (χ2v) is 12.5. The van der Waals surface area contributed by atoms with Crippen LogP contribution in [0.25, 0.3) is 22.4 Å². The van der Waals surface area contributed by atoms with Gasteiger partial charge in [0.25, 0.3) is 5.91 Å². The summed E-state index contributed by atoms with van der Waals surface area (Å²) in [6, 6.07) is 23.1. The van der Waals surface area contributed by atoms with Crippen LogP contribution in [-0.2, 0) is 14.9 Å². The van der Waals surface area contributed by atoms with Gasteiger partial charge >= 0.3 is 5.97 Å². The maximum absolute atomic E-state index is 13.9. The number of carbonyl (C=O) groups is 3. The molecule has 1 aromatic heterocycles. The number of methoxy groups -OCH3 is 1. The highest BCUT2D eigenvalue weighted by molar-refractivity contribution is 6.12. The predicted molar refractivity (Wildman–Crippen MR) is 171 cm³/mol. The van der Waals surface area contributed by atoms with E-state index < -0.39 is 0 Å². The first-order valence-electron chi connectivity index (χ1n) is 15.4. The minimum atomic E-state index is -0.388. The molecule has 4 aromatic rings. The Morgan fingerprint density at radius 2 is 1.45 bits per heavy atom. The smallest absolute Gasteiger partial charge is 0.307 e. The molecule has 228 valence electrons. The lowest BCUT2D eigenvalue weighted by Crippen LogP contribution is -2.26. The fourth-order valence-corrected chi connectivity index (χ4v) is 5.78. The molecule has 1 heterocycles. The Hall–Kier alpha value is -4.52. The van der Waals surface area contributed by atoms with E-state index in [1.54, 1.807) is 24.3 Å². The van der Waals surface area contributed by atoms with E-state index in [-0.39, 0.29) is 41.8 Å². The zero-order valence-electron chi connectivity index (χ0n) is 25.9. The van der Waals surface area contributed by atoms with E-state index in [0.717, 1.165) is 11.1 Å². The monoisotopic (exact) mass is 592 g/mol. The summed E-state index contributed by atoms with van der Waals surface area (Å²) in [7, 11) is 1.31. The Kier molecular flexibility index (Phi) is 9.43. The first kappa shape index (κ1) is 30.9. The van der Waals surface area contributed by atoms with E-state index in [4.69, 9.17) is 4.52 Å². The molecule has 7 nitrogen and oxygen atoms in total. The lowest BCUT2D eigenvalue weighted by atomic mass is 9.83. The molecule has 1 saturated carbocycles. The number of aromatic nitrogens is 1. The molecule has 3 aromatic carbocycles. The first-order valence-corrected chi connectivity index (χ1v) is 15.4. The van der Waals surface area contributed by atoms with Gasteiger partial charge in [0, 0.05) is 23.2 Å². The van der Waals surface area contributed by atoms with E-state index in [2.05, 4.69) is 60.2 Å². The Balaban J connectivity index is 1.47. The van der Waals surface area contributed by atoms with Crippen LogP contribution in [-0.4, -0.2) is 36.5 Å². The minimum absolute atomic E-state index is 0.0311. The van der Waals surface area contributed by atoms with Crippen LogP contribution in [0.1, 0.15) is 103 Å². The summed E-state index contributed by atoms with van der Waals surface area (Å²) in [6.07, 6.45) is 6.32. The van der Waals surface area contributed by atoms with Crippen molar-refractivity contribution >= 4 is 17.7 Å². The number of esters is 1. The van der Waals surface area contributed by atoms with Crippen LogP contribution in [0.5, 0.6) is 0 Å². The third kappa shape index (κ3) is 6.99. The highest BCUT2D eigenvalue weighted by atomic mass is 16.5. The van der Waals surface area contributed by atoms with Crippen LogP contribution < -0.4 is 5.32 Å². The molecule has 0 radical (unpaired) electrons. The summed E-state index contributed by atoms with van der Waals surface area (Å²) in [5.41, 5.74) is 6.11. The van der Waals surface area contributed by atoms with Gasteiger partial charge in [-0.1, -0.05) is 106 Å². The van der Waals surface area contributed by atoms with Gasteiger partial charge in [0.2, 0.25) is 11.5 Å². The molecular weight excluding hydrogens is 552 g/mol. The van der Waals surface area contributed by atoms with E-state index in [9.17, 15) is 14.4 Å². The van der Waals surface area contributed by atoms with E-state index in [0.29, 0.717) is 33.9 Å². The zero-order valence-corrected chi connectivity index (χ0v) is 25.9. The number of benzene rings is 3. The molecule has 0 spiro atoms. The standard InChI is InChI=1S/C37H40N2O5/c1-37(2,3)30-20-18-28(19-21-30)34(41)35-32(26-12-10-25(11-13-26)24-8-6-5-7-9-24)33(39-44-35)27-14-16-29(17-15-27)36(42)38-23-22-31(40)43-4/h10-21,24H,5-9,22-23H2,1-4H3,(H,38,42). The Morgan fingerprint density at radius 3 is 2.07 bits per heavy atom. The minimum Gasteiger partial charge on any atom is -0.469 e. The zero-order chi connectivity index (χ0) is 31.3. The summed E-state index contributed by atoms with van der Waals surface area (Å²) >= 11 is 0. The summed E-state index contributed by atoms with van der Waals surface area (Å²) in [5, 5.41) is 7.11. The van der Waals surface area contributed by atoms with Crippen molar-refractivity contribution < 1.29 is 23.6 Å². The van der Waals surface area contributed by atoms with E-state index in [1.165, 1.54) is 44.8 Å². The predicted octanol–water partition coefficient (Wildman–Crippen LogP) is 7.88. The Morgan fingerprint density at radius 1 is 0.841 bits per heavy atom. The highest BCUT2D eigenvalue weighted by Crippen LogP contribution is 2.38. The molecule has 44 heavy (non-hydrogen) atoms. The van der Waals surface area contributed by atoms with Crippen LogP contribution in [0.15, 0.2) is 77.3 Å². The van der Waals surface area contributed by atoms with Gasteiger partial charge in [-0.25, -0.2) is 0 Å². The largest absolute Gasteiger partial charge is 0.469 e. The third-order valence-corrected chi connectivity index (χ3v) is 8.45. The normalized spacial score (nSPS) is 13.8. The van der Waals surface area contributed by atoms with Gasteiger partial charge in [0.15, 0.2) is 0 Å². The molecule has 1 N–H and O–H groups in total. The van der Waals surface area contributed by atoms with Crippen LogP contribution in [0, 0.1) is 0 Å². The molecule has 0 saturated heterocycles. The average Bonchev–Trinajstić information content (AvgIpc) is 3.49. The molecule has 0 aliphatic heterocycles. The van der Waals surface area contributed by atoms with Crippen molar-refractivity contribution in [1.29, 1.82) is 0 Å². The fraction of sp³-hybridized carbons (Fsp3) is 0.351. The number of hydrogen-bond acceptors (Lipinski definition) is 6. The van der Waals surface area contributed by atoms with Crippen molar-refractivity contribution in [2.24, 2.45) is 0 Å². The maximum atomic E-state index is 13.9. The van der Waals surface area contributed by atoms with E-state index in [1.807, 2.05) is 24.3 Å². The van der Waals surface area contributed by atoms with Crippen LogP contribution in [0.2, 0.25) is 0 Å². The van der Waals surface area contributed by atoms with Crippen LogP contribution in [0.4, 0.5) is 0 Å². The van der Waals surface area contributed by atoms with E-state index >= 15 is 0 Å². The maximum Gasteiger partial charge on any atom is 0.307 e. The topological polar surface area (TPSA) is 98.5 Å². The SMILES string of the molecule is COC(=O)CCNC(=O)c1ccc(-c2noc(C(=O)c3ccc(C(C)(C)C)cc3)c2-c2ccc(C3CCCCC3)cc2)cc1.